The first-order valence-corrected chi connectivity index (χ1v) is 6.45. The Labute approximate surface area is 115 Å². The van der Waals surface area contributed by atoms with Crippen molar-refractivity contribution in [1.82, 2.24) is 9.55 Å². The Hall–Kier alpha value is -2.00. The van der Waals surface area contributed by atoms with Crippen molar-refractivity contribution in [3.63, 3.8) is 0 Å². The molecule has 3 nitrogen and oxygen atoms in total. The van der Waals surface area contributed by atoms with Gasteiger partial charge in [-0.15, -0.1) is 0 Å². The lowest BCUT2D eigenvalue weighted by Crippen LogP contribution is -2.17. The van der Waals surface area contributed by atoms with Gasteiger partial charge in [0.2, 0.25) is 0 Å². The summed E-state index contributed by atoms with van der Waals surface area (Å²) in [5.74, 6) is 0. The Kier molecular flexibility index (Phi) is 2.91. The molecule has 0 amide bonds. The van der Waals surface area contributed by atoms with Crippen LogP contribution >= 0.6 is 11.6 Å². The van der Waals surface area contributed by atoms with E-state index in [9.17, 15) is 4.79 Å². The van der Waals surface area contributed by atoms with Gasteiger partial charge in [0, 0.05) is 5.02 Å². The van der Waals surface area contributed by atoms with Crippen molar-refractivity contribution in [2.75, 3.05) is 0 Å². The van der Waals surface area contributed by atoms with Crippen LogP contribution < -0.4 is 5.69 Å². The maximum Gasteiger partial charge on any atom is 0.326 e. The number of rotatable bonds is 2. The van der Waals surface area contributed by atoms with E-state index < -0.39 is 0 Å². The minimum Gasteiger partial charge on any atom is -0.306 e. The summed E-state index contributed by atoms with van der Waals surface area (Å²) in [4.78, 5) is 14.9. The van der Waals surface area contributed by atoms with Gasteiger partial charge in [-0.25, -0.2) is 4.79 Å². The standard InChI is InChI=1S/C15H13ClN2O/c1-10-4-2-3-5-11(10)9-18-14-8-12(16)6-7-13(14)17-15(18)19/h2-8H,9H2,1H3,(H,17,19). The first kappa shape index (κ1) is 12.1. The lowest BCUT2D eigenvalue weighted by atomic mass is 10.1. The van der Waals surface area contributed by atoms with Crippen molar-refractivity contribution >= 4 is 22.6 Å². The molecular formula is C15H13ClN2O. The molecule has 0 aliphatic rings. The molecule has 1 N–H and O–H groups in total. The third kappa shape index (κ3) is 2.17. The fourth-order valence-electron chi connectivity index (χ4n) is 2.24. The first-order valence-electron chi connectivity index (χ1n) is 6.08. The molecule has 4 heteroatoms. The van der Waals surface area contributed by atoms with E-state index in [4.69, 9.17) is 11.6 Å². The highest BCUT2D eigenvalue weighted by Crippen LogP contribution is 2.18. The van der Waals surface area contributed by atoms with Gasteiger partial charge in [-0.1, -0.05) is 35.9 Å². The SMILES string of the molecule is Cc1ccccc1Cn1c(=O)[nH]c2ccc(Cl)cc21. The van der Waals surface area contributed by atoms with E-state index in [0.29, 0.717) is 11.6 Å². The van der Waals surface area contributed by atoms with Gasteiger partial charge in [-0.2, -0.15) is 0 Å². The minimum atomic E-state index is -0.111. The van der Waals surface area contributed by atoms with E-state index in [-0.39, 0.29) is 5.69 Å². The van der Waals surface area contributed by atoms with Crippen LogP contribution in [0.25, 0.3) is 11.0 Å². The molecule has 3 aromatic rings. The van der Waals surface area contributed by atoms with Crippen LogP contribution in [0.1, 0.15) is 11.1 Å². The van der Waals surface area contributed by atoms with Crippen molar-refractivity contribution in [3.8, 4) is 0 Å². The van der Waals surface area contributed by atoms with Crippen LogP contribution in [0.4, 0.5) is 0 Å². The summed E-state index contributed by atoms with van der Waals surface area (Å²) in [7, 11) is 0. The van der Waals surface area contributed by atoms with E-state index in [1.807, 2.05) is 43.3 Å². The fraction of sp³-hybridized carbons (Fsp3) is 0.133. The second-order valence-corrected chi connectivity index (χ2v) is 5.04. The second kappa shape index (κ2) is 4.59. The van der Waals surface area contributed by atoms with Crippen LogP contribution in [0.15, 0.2) is 47.3 Å². The predicted molar refractivity (Wildman–Crippen MR) is 77.8 cm³/mol. The van der Waals surface area contributed by atoms with Crippen molar-refractivity contribution in [1.29, 1.82) is 0 Å². The number of aromatic amines is 1. The summed E-state index contributed by atoms with van der Waals surface area (Å²) in [5, 5.41) is 0.630. The molecule has 0 saturated heterocycles. The zero-order valence-electron chi connectivity index (χ0n) is 10.5. The minimum absolute atomic E-state index is 0.111. The van der Waals surface area contributed by atoms with Gasteiger partial charge in [0.15, 0.2) is 0 Å². The molecule has 1 aromatic heterocycles. The summed E-state index contributed by atoms with van der Waals surface area (Å²) in [6.07, 6.45) is 0. The molecule has 19 heavy (non-hydrogen) atoms. The van der Waals surface area contributed by atoms with Crippen LogP contribution in [0.5, 0.6) is 0 Å². The van der Waals surface area contributed by atoms with Crippen LogP contribution in [0, 0.1) is 6.92 Å². The first-order chi connectivity index (χ1) is 9.15. The highest BCUT2D eigenvalue weighted by atomic mass is 35.5. The molecule has 0 unspecified atom stereocenters. The Bertz CT molecular complexity index is 801. The third-order valence-corrected chi connectivity index (χ3v) is 3.56. The number of nitrogens with one attached hydrogen (secondary N) is 1. The normalized spacial score (nSPS) is 11.1. The van der Waals surface area contributed by atoms with E-state index in [1.54, 1.807) is 10.6 Å². The number of hydrogen-bond acceptors (Lipinski definition) is 1. The summed E-state index contributed by atoms with van der Waals surface area (Å²) in [6, 6.07) is 13.5. The van der Waals surface area contributed by atoms with Gasteiger partial charge in [0.25, 0.3) is 0 Å². The number of aromatic nitrogens is 2. The van der Waals surface area contributed by atoms with Crippen LogP contribution in [-0.4, -0.2) is 9.55 Å². The number of imidazole rings is 1. The van der Waals surface area contributed by atoms with E-state index in [2.05, 4.69) is 4.98 Å². The smallest absolute Gasteiger partial charge is 0.306 e. The lowest BCUT2D eigenvalue weighted by molar-refractivity contribution is 0.782. The van der Waals surface area contributed by atoms with Crippen LogP contribution in [0.3, 0.4) is 0 Å². The monoisotopic (exact) mass is 272 g/mol. The molecule has 0 atom stereocenters. The molecule has 96 valence electrons. The van der Waals surface area contributed by atoms with Crippen LogP contribution in [-0.2, 0) is 6.54 Å². The van der Waals surface area contributed by atoms with E-state index >= 15 is 0 Å². The Morgan fingerprint density at radius 1 is 1.21 bits per heavy atom. The zero-order valence-corrected chi connectivity index (χ0v) is 11.2. The van der Waals surface area contributed by atoms with Crippen LogP contribution in [0.2, 0.25) is 5.02 Å². The molecule has 0 bridgehead atoms. The van der Waals surface area contributed by atoms with Gasteiger partial charge in [-0.3, -0.25) is 4.57 Å². The van der Waals surface area contributed by atoms with Crippen molar-refractivity contribution < 1.29 is 0 Å². The summed E-state index contributed by atoms with van der Waals surface area (Å²) in [5.41, 5.74) is 3.83. The molecule has 3 rings (SSSR count). The number of aryl methyl sites for hydroxylation is 1. The average Bonchev–Trinajstić information content (AvgIpc) is 2.69. The molecule has 2 aromatic carbocycles. The summed E-state index contributed by atoms with van der Waals surface area (Å²) in [6.45, 7) is 2.59. The number of nitrogens with zero attached hydrogens (tertiary/aromatic N) is 1. The second-order valence-electron chi connectivity index (χ2n) is 4.60. The van der Waals surface area contributed by atoms with Gasteiger partial charge in [0.05, 0.1) is 17.6 Å². The van der Waals surface area contributed by atoms with Gasteiger partial charge >= 0.3 is 5.69 Å². The van der Waals surface area contributed by atoms with Crippen molar-refractivity contribution in [3.05, 3.63) is 69.1 Å². The summed E-state index contributed by atoms with van der Waals surface area (Å²) < 4.78 is 1.71. The average molecular weight is 273 g/mol. The number of benzene rings is 2. The highest BCUT2D eigenvalue weighted by molar-refractivity contribution is 6.31. The molecule has 0 fully saturated rings. The van der Waals surface area contributed by atoms with Crippen molar-refractivity contribution in [2.24, 2.45) is 0 Å². The Morgan fingerprint density at radius 2 is 2.00 bits per heavy atom. The molecule has 1 heterocycles. The fourth-order valence-corrected chi connectivity index (χ4v) is 2.41. The Balaban J connectivity index is 2.15. The molecule has 0 saturated carbocycles. The number of H-pyrrole nitrogens is 1. The van der Waals surface area contributed by atoms with E-state index in [0.717, 1.165) is 16.6 Å². The highest BCUT2D eigenvalue weighted by Gasteiger charge is 2.08. The number of fused-ring (bicyclic) bond motifs is 1. The Morgan fingerprint density at radius 3 is 2.79 bits per heavy atom. The predicted octanol–water partition coefficient (Wildman–Crippen LogP) is 3.34. The maximum absolute atomic E-state index is 12.0. The topological polar surface area (TPSA) is 37.8 Å². The van der Waals surface area contributed by atoms with Gasteiger partial charge in [-0.05, 0) is 36.2 Å². The third-order valence-electron chi connectivity index (χ3n) is 3.33. The van der Waals surface area contributed by atoms with E-state index in [1.165, 1.54) is 5.56 Å². The maximum atomic E-state index is 12.0. The molecule has 0 radical (unpaired) electrons. The molecule has 0 aliphatic heterocycles. The summed E-state index contributed by atoms with van der Waals surface area (Å²) >= 11 is 6.00. The number of hydrogen-bond donors (Lipinski definition) is 1. The quantitative estimate of drug-likeness (QED) is 0.763. The number of halogens is 1. The van der Waals surface area contributed by atoms with Crippen molar-refractivity contribution in [2.45, 2.75) is 13.5 Å². The van der Waals surface area contributed by atoms with Gasteiger partial charge < -0.3 is 4.98 Å². The molecular weight excluding hydrogens is 260 g/mol. The zero-order chi connectivity index (χ0) is 13.4. The molecule has 0 aliphatic carbocycles. The lowest BCUT2D eigenvalue weighted by Gasteiger charge is -2.07. The molecule has 0 spiro atoms. The van der Waals surface area contributed by atoms with Gasteiger partial charge in [0.1, 0.15) is 0 Å². The largest absolute Gasteiger partial charge is 0.326 e.